The Morgan fingerprint density at radius 1 is 1.45 bits per heavy atom. The van der Waals surface area contributed by atoms with Gasteiger partial charge in [0.25, 0.3) is 0 Å². The predicted octanol–water partition coefficient (Wildman–Crippen LogP) is 2.48. The highest BCUT2D eigenvalue weighted by atomic mass is 16.5. The zero-order valence-corrected chi connectivity index (χ0v) is 13.1. The minimum Gasteiger partial charge on any atom is -0.377 e. The molecule has 0 aromatic carbocycles. The second-order valence-electron chi connectivity index (χ2n) is 5.70. The molecule has 1 N–H and O–H groups in total. The Labute approximate surface area is 121 Å². The maximum atomic E-state index is 5.69. The molecule has 0 saturated carbocycles. The zero-order chi connectivity index (χ0) is 14.6. The van der Waals surface area contributed by atoms with Crippen molar-refractivity contribution in [2.75, 3.05) is 37.5 Å². The summed E-state index contributed by atoms with van der Waals surface area (Å²) in [6.07, 6.45) is 5.97. The van der Waals surface area contributed by atoms with Gasteiger partial charge in [0.15, 0.2) is 0 Å². The summed E-state index contributed by atoms with van der Waals surface area (Å²) >= 11 is 0. The molecule has 0 radical (unpaired) electrons. The van der Waals surface area contributed by atoms with Crippen molar-refractivity contribution in [1.82, 2.24) is 9.97 Å². The second kappa shape index (κ2) is 6.39. The van der Waals surface area contributed by atoms with Crippen LogP contribution < -0.4 is 10.2 Å². The summed E-state index contributed by atoms with van der Waals surface area (Å²) in [5.41, 5.74) is 1.14. The molecule has 20 heavy (non-hydrogen) atoms. The Morgan fingerprint density at radius 2 is 2.25 bits per heavy atom. The first-order chi connectivity index (χ1) is 9.63. The third-order valence-corrected chi connectivity index (χ3v) is 4.11. The van der Waals surface area contributed by atoms with Gasteiger partial charge in [-0.3, -0.25) is 0 Å². The number of ether oxygens (including phenoxy) is 1. The first kappa shape index (κ1) is 15.0. The number of methoxy groups -OCH3 is 1. The van der Waals surface area contributed by atoms with Gasteiger partial charge in [-0.1, -0.05) is 13.3 Å². The molecular formula is C15H26N4O. The number of hydrogen-bond donors (Lipinski definition) is 1. The highest BCUT2D eigenvalue weighted by Crippen LogP contribution is 2.31. The second-order valence-corrected chi connectivity index (χ2v) is 5.70. The van der Waals surface area contributed by atoms with E-state index >= 15 is 0 Å². The van der Waals surface area contributed by atoms with E-state index in [1.54, 1.807) is 13.4 Å². The number of nitrogens with one attached hydrogen (secondary N) is 1. The maximum Gasteiger partial charge on any atom is 0.137 e. The maximum absolute atomic E-state index is 5.69. The quantitative estimate of drug-likeness (QED) is 0.896. The van der Waals surface area contributed by atoms with Crippen LogP contribution in [0, 0.1) is 0 Å². The molecule has 5 heteroatoms. The summed E-state index contributed by atoms with van der Waals surface area (Å²) in [5.74, 6) is 2.01. The molecule has 0 spiro atoms. The molecule has 2 rings (SSSR count). The molecule has 1 aliphatic rings. The van der Waals surface area contributed by atoms with Gasteiger partial charge in [0.05, 0.1) is 5.60 Å². The van der Waals surface area contributed by atoms with E-state index in [9.17, 15) is 0 Å². The van der Waals surface area contributed by atoms with Crippen molar-refractivity contribution in [2.45, 2.75) is 45.1 Å². The zero-order valence-electron chi connectivity index (χ0n) is 13.1. The summed E-state index contributed by atoms with van der Waals surface area (Å²) in [6, 6.07) is 0. The summed E-state index contributed by atoms with van der Waals surface area (Å²) in [5, 5.41) is 3.19. The number of hydrogen-bond acceptors (Lipinski definition) is 5. The average Bonchev–Trinajstić information content (AvgIpc) is 2.48. The van der Waals surface area contributed by atoms with Gasteiger partial charge in [-0.2, -0.15) is 0 Å². The first-order valence-electron chi connectivity index (χ1n) is 7.45. The van der Waals surface area contributed by atoms with Crippen molar-refractivity contribution in [3.63, 3.8) is 0 Å². The average molecular weight is 278 g/mol. The van der Waals surface area contributed by atoms with Gasteiger partial charge in [0.1, 0.15) is 18.0 Å². The molecule has 1 atom stereocenters. The van der Waals surface area contributed by atoms with Gasteiger partial charge in [0, 0.05) is 32.8 Å². The summed E-state index contributed by atoms with van der Waals surface area (Å²) in [4.78, 5) is 11.2. The molecule has 1 aliphatic heterocycles. The summed E-state index contributed by atoms with van der Waals surface area (Å²) in [7, 11) is 3.72. The smallest absolute Gasteiger partial charge is 0.137 e. The lowest BCUT2D eigenvalue weighted by Gasteiger charge is -2.40. The van der Waals surface area contributed by atoms with Crippen LogP contribution in [0.5, 0.6) is 0 Å². The standard InChI is InChI=1S/C15H26N4O/c1-5-7-12-13(16-3)17-11-18-14(12)19-9-6-8-15(2,10-19)20-4/h11H,5-10H2,1-4H3,(H,16,17,18). The Bertz CT molecular complexity index is 451. The molecular weight excluding hydrogens is 252 g/mol. The normalized spacial score (nSPS) is 22.9. The lowest BCUT2D eigenvalue weighted by molar-refractivity contribution is -0.00484. The molecule has 1 fully saturated rings. The fourth-order valence-electron chi connectivity index (χ4n) is 2.92. The number of nitrogens with zero attached hydrogens (tertiary/aromatic N) is 3. The Balaban J connectivity index is 2.31. The van der Waals surface area contributed by atoms with E-state index in [2.05, 4.69) is 34.0 Å². The summed E-state index contributed by atoms with van der Waals surface area (Å²) < 4.78 is 5.69. The van der Waals surface area contributed by atoms with Crippen LogP contribution in [0.4, 0.5) is 11.6 Å². The van der Waals surface area contributed by atoms with E-state index in [1.807, 2.05) is 7.05 Å². The molecule has 1 aromatic heterocycles. The van der Waals surface area contributed by atoms with Gasteiger partial charge < -0.3 is 15.0 Å². The van der Waals surface area contributed by atoms with Crippen LogP contribution in [0.3, 0.4) is 0 Å². The van der Waals surface area contributed by atoms with Gasteiger partial charge in [-0.15, -0.1) is 0 Å². The number of piperidine rings is 1. The van der Waals surface area contributed by atoms with Crippen molar-refractivity contribution in [2.24, 2.45) is 0 Å². The molecule has 5 nitrogen and oxygen atoms in total. The van der Waals surface area contributed by atoms with Crippen molar-refractivity contribution < 1.29 is 4.74 Å². The van der Waals surface area contributed by atoms with Crippen LogP contribution in [0.2, 0.25) is 0 Å². The molecule has 1 saturated heterocycles. The molecule has 0 aliphatic carbocycles. The lowest BCUT2D eigenvalue weighted by atomic mass is 9.94. The van der Waals surface area contributed by atoms with Gasteiger partial charge in [0.2, 0.25) is 0 Å². The number of anilines is 2. The number of rotatable bonds is 5. The third-order valence-electron chi connectivity index (χ3n) is 4.11. The highest BCUT2D eigenvalue weighted by molar-refractivity contribution is 5.59. The molecule has 0 amide bonds. The van der Waals surface area contributed by atoms with Crippen molar-refractivity contribution in [3.8, 4) is 0 Å². The van der Waals surface area contributed by atoms with Crippen LogP contribution in [0.15, 0.2) is 6.33 Å². The van der Waals surface area contributed by atoms with Crippen LogP contribution in [0.1, 0.15) is 38.7 Å². The summed E-state index contributed by atoms with van der Waals surface area (Å²) in [6.45, 7) is 6.29. The van der Waals surface area contributed by atoms with E-state index in [0.29, 0.717) is 0 Å². The molecule has 2 heterocycles. The number of aromatic nitrogens is 2. The SMILES string of the molecule is CCCc1c(NC)ncnc1N1CCCC(C)(OC)C1. The van der Waals surface area contributed by atoms with E-state index in [0.717, 1.165) is 50.4 Å². The van der Waals surface area contributed by atoms with Crippen LogP contribution >= 0.6 is 0 Å². The Kier molecular flexibility index (Phi) is 4.81. The van der Waals surface area contributed by atoms with E-state index < -0.39 is 0 Å². The fraction of sp³-hybridized carbons (Fsp3) is 0.733. The van der Waals surface area contributed by atoms with Crippen LogP contribution in [-0.2, 0) is 11.2 Å². The van der Waals surface area contributed by atoms with Gasteiger partial charge in [-0.25, -0.2) is 9.97 Å². The highest BCUT2D eigenvalue weighted by Gasteiger charge is 2.32. The molecule has 112 valence electrons. The molecule has 1 unspecified atom stereocenters. The minimum absolute atomic E-state index is 0.0769. The minimum atomic E-state index is -0.0769. The topological polar surface area (TPSA) is 50.3 Å². The lowest BCUT2D eigenvalue weighted by Crippen LogP contribution is -2.48. The van der Waals surface area contributed by atoms with E-state index in [4.69, 9.17) is 4.74 Å². The van der Waals surface area contributed by atoms with Gasteiger partial charge in [-0.05, 0) is 26.2 Å². The van der Waals surface area contributed by atoms with Crippen molar-refractivity contribution >= 4 is 11.6 Å². The first-order valence-corrected chi connectivity index (χ1v) is 7.45. The van der Waals surface area contributed by atoms with Crippen LogP contribution in [-0.4, -0.2) is 42.8 Å². The third kappa shape index (κ3) is 3.03. The Morgan fingerprint density at radius 3 is 2.90 bits per heavy atom. The fourth-order valence-corrected chi connectivity index (χ4v) is 2.92. The van der Waals surface area contributed by atoms with Gasteiger partial charge >= 0.3 is 0 Å². The van der Waals surface area contributed by atoms with Crippen molar-refractivity contribution in [3.05, 3.63) is 11.9 Å². The Hall–Kier alpha value is -1.36. The largest absolute Gasteiger partial charge is 0.377 e. The predicted molar refractivity (Wildman–Crippen MR) is 82.4 cm³/mol. The van der Waals surface area contributed by atoms with Crippen LogP contribution in [0.25, 0.3) is 0 Å². The van der Waals surface area contributed by atoms with Crippen molar-refractivity contribution in [1.29, 1.82) is 0 Å². The monoisotopic (exact) mass is 278 g/mol. The molecule has 1 aromatic rings. The van der Waals surface area contributed by atoms with E-state index in [-0.39, 0.29) is 5.60 Å². The molecule has 0 bridgehead atoms. The van der Waals surface area contributed by atoms with E-state index in [1.165, 1.54) is 5.56 Å².